The molecule has 1 saturated heterocycles. The number of hydrogen-bond donors (Lipinski definition) is 1. The third-order valence-corrected chi connectivity index (χ3v) is 9.67. The van der Waals surface area contributed by atoms with Crippen LogP contribution in [0, 0.1) is 5.92 Å². The van der Waals surface area contributed by atoms with Crippen molar-refractivity contribution in [1.29, 1.82) is 0 Å². The molecule has 0 aliphatic carbocycles. The van der Waals surface area contributed by atoms with Gasteiger partial charge in [-0.05, 0) is 75.6 Å². The van der Waals surface area contributed by atoms with Gasteiger partial charge in [0.15, 0.2) is 16.7 Å². The quantitative estimate of drug-likeness (QED) is 0.181. The predicted octanol–water partition coefficient (Wildman–Crippen LogP) is 9.02. The molecule has 1 aliphatic heterocycles. The van der Waals surface area contributed by atoms with Crippen molar-refractivity contribution in [2.45, 2.75) is 55.4 Å². The van der Waals surface area contributed by atoms with E-state index in [-0.39, 0.29) is 6.09 Å². The van der Waals surface area contributed by atoms with Crippen LogP contribution in [0.4, 0.5) is 15.7 Å². The molecule has 0 spiro atoms. The van der Waals surface area contributed by atoms with Crippen molar-refractivity contribution < 1.29 is 14.3 Å². The SMILES string of the molecule is CC(C)(C)OC(=O)N1CCCC(Cc2csc(Nc3ncc(Sc4ccnc5ccsc45)cc3Oc3ccccc3)n2)C1. The first kappa shape index (κ1) is 29.4. The minimum absolute atomic E-state index is 0.236. The second kappa shape index (κ2) is 12.9. The van der Waals surface area contributed by atoms with E-state index in [1.54, 1.807) is 23.1 Å². The zero-order valence-electron chi connectivity index (χ0n) is 24.3. The van der Waals surface area contributed by atoms with E-state index in [1.807, 2.05) is 86.6 Å². The largest absolute Gasteiger partial charge is 0.453 e. The van der Waals surface area contributed by atoms with Gasteiger partial charge >= 0.3 is 6.09 Å². The number of nitrogens with zero attached hydrogens (tertiary/aromatic N) is 4. The first-order valence-electron chi connectivity index (χ1n) is 14.2. The summed E-state index contributed by atoms with van der Waals surface area (Å²) >= 11 is 4.86. The van der Waals surface area contributed by atoms with Gasteiger partial charge in [0.1, 0.15) is 11.4 Å². The molecule has 0 bridgehead atoms. The molecule has 1 amide bonds. The van der Waals surface area contributed by atoms with Crippen molar-refractivity contribution in [1.82, 2.24) is 19.9 Å². The van der Waals surface area contributed by atoms with Crippen molar-refractivity contribution in [2.75, 3.05) is 18.4 Å². The van der Waals surface area contributed by atoms with Crippen molar-refractivity contribution in [3.63, 3.8) is 0 Å². The maximum atomic E-state index is 12.6. The Morgan fingerprint density at radius 3 is 2.84 bits per heavy atom. The lowest BCUT2D eigenvalue weighted by Crippen LogP contribution is -2.43. The van der Waals surface area contributed by atoms with Crippen LogP contribution < -0.4 is 10.1 Å². The molecule has 1 aromatic carbocycles. The molecule has 1 N–H and O–H groups in total. The van der Waals surface area contributed by atoms with E-state index in [4.69, 9.17) is 19.4 Å². The van der Waals surface area contributed by atoms with Crippen molar-refractivity contribution >= 4 is 61.7 Å². The number of thiazole rings is 1. The van der Waals surface area contributed by atoms with Crippen LogP contribution >= 0.6 is 34.4 Å². The number of aromatic nitrogens is 3. The normalized spacial score (nSPS) is 15.4. The Kier molecular flexibility index (Phi) is 8.83. The van der Waals surface area contributed by atoms with Crippen molar-refractivity contribution in [3.05, 3.63) is 77.4 Å². The summed E-state index contributed by atoms with van der Waals surface area (Å²) in [5.41, 5.74) is 1.49. The summed E-state index contributed by atoms with van der Waals surface area (Å²) in [6.45, 7) is 7.11. The number of carbonyl (C=O) groups excluding carboxylic acids is 1. The van der Waals surface area contributed by atoms with Gasteiger partial charge in [0.25, 0.3) is 0 Å². The Morgan fingerprint density at radius 1 is 1.14 bits per heavy atom. The number of pyridine rings is 2. The van der Waals surface area contributed by atoms with Crippen molar-refractivity contribution in [2.24, 2.45) is 5.92 Å². The van der Waals surface area contributed by atoms with Crippen molar-refractivity contribution in [3.8, 4) is 11.5 Å². The lowest BCUT2D eigenvalue weighted by atomic mass is 9.94. The highest BCUT2D eigenvalue weighted by Gasteiger charge is 2.28. The number of likely N-dealkylation sites (tertiary alicyclic amines) is 1. The summed E-state index contributed by atoms with van der Waals surface area (Å²) < 4.78 is 13.1. The molecule has 0 radical (unpaired) electrons. The third kappa shape index (κ3) is 7.65. The van der Waals surface area contributed by atoms with Crippen LogP contribution in [-0.2, 0) is 11.2 Å². The molecule has 5 aromatic rings. The second-order valence-corrected chi connectivity index (χ2v) is 14.3. The highest BCUT2D eigenvalue weighted by molar-refractivity contribution is 7.99. The van der Waals surface area contributed by atoms with Crippen LogP contribution in [0.15, 0.2) is 81.5 Å². The summed E-state index contributed by atoms with van der Waals surface area (Å²) in [6, 6.07) is 15.8. The monoisotopic (exact) mass is 631 g/mol. The fraction of sp³-hybridized carbons (Fsp3) is 0.312. The van der Waals surface area contributed by atoms with Crippen LogP contribution in [0.3, 0.4) is 0 Å². The molecule has 43 heavy (non-hydrogen) atoms. The molecule has 0 saturated carbocycles. The molecule has 11 heteroatoms. The molecule has 8 nitrogen and oxygen atoms in total. The fourth-order valence-corrected chi connectivity index (χ4v) is 7.51. The number of hydrogen-bond acceptors (Lipinski definition) is 10. The van der Waals surface area contributed by atoms with E-state index in [0.717, 1.165) is 62.4 Å². The number of rotatable bonds is 8. The Balaban J connectivity index is 1.17. The van der Waals surface area contributed by atoms with Crippen LogP contribution in [-0.4, -0.2) is 44.6 Å². The Bertz CT molecular complexity index is 1700. The first-order chi connectivity index (χ1) is 20.8. The lowest BCUT2D eigenvalue weighted by Gasteiger charge is -2.34. The van der Waals surface area contributed by atoms with Gasteiger partial charge in [-0.3, -0.25) is 4.98 Å². The number of amides is 1. The second-order valence-electron chi connectivity index (χ2n) is 11.4. The molecular formula is C32H33N5O3S3. The Labute approximate surface area is 263 Å². The summed E-state index contributed by atoms with van der Waals surface area (Å²) in [7, 11) is 0. The van der Waals surface area contributed by atoms with E-state index in [0.29, 0.717) is 24.0 Å². The first-order valence-corrected chi connectivity index (χ1v) is 16.8. The van der Waals surface area contributed by atoms with Crippen LogP contribution in [0.1, 0.15) is 39.3 Å². The zero-order chi connectivity index (χ0) is 29.8. The van der Waals surface area contributed by atoms with Gasteiger partial charge in [0.2, 0.25) is 0 Å². The number of fused-ring (bicyclic) bond motifs is 1. The lowest BCUT2D eigenvalue weighted by molar-refractivity contribution is 0.0165. The van der Waals surface area contributed by atoms with E-state index >= 15 is 0 Å². The number of thiophene rings is 1. The Morgan fingerprint density at radius 2 is 2.00 bits per heavy atom. The molecule has 1 fully saturated rings. The third-order valence-electron chi connectivity index (χ3n) is 6.78. The number of carbonyl (C=O) groups is 1. The summed E-state index contributed by atoms with van der Waals surface area (Å²) in [5, 5.41) is 8.27. The molecular weight excluding hydrogens is 599 g/mol. The van der Waals surface area contributed by atoms with Gasteiger partial charge in [-0.1, -0.05) is 30.0 Å². The Hall–Kier alpha value is -3.67. The average molecular weight is 632 g/mol. The minimum Gasteiger partial charge on any atom is -0.453 e. The van der Waals surface area contributed by atoms with E-state index in [2.05, 4.69) is 21.1 Å². The number of nitrogens with one attached hydrogen (secondary N) is 1. The maximum absolute atomic E-state index is 12.6. The zero-order valence-corrected chi connectivity index (χ0v) is 26.7. The molecule has 1 aliphatic rings. The predicted molar refractivity (Wildman–Crippen MR) is 174 cm³/mol. The standard InChI is InChI=1S/C32H33N5O3S3/c1-32(2,3)40-31(38)37-14-7-8-21(19-37)16-22-20-42-30(35-22)36-29-26(39-23-9-5-4-6-10-23)17-24(18-34-29)43-27-11-13-33-25-12-15-41-28(25)27/h4-6,9-13,15,17-18,20-21H,7-8,14,16,19H2,1-3H3,(H,34,35,36). The topological polar surface area (TPSA) is 89.5 Å². The molecule has 4 aromatic heterocycles. The maximum Gasteiger partial charge on any atom is 0.410 e. The number of para-hydroxylation sites is 1. The minimum atomic E-state index is -0.497. The summed E-state index contributed by atoms with van der Waals surface area (Å²) in [4.78, 5) is 30.6. The van der Waals surface area contributed by atoms with Gasteiger partial charge in [0.05, 0.1) is 15.9 Å². The number of piperidine rings is 1. The van der Waals surface area contributed by atoms with E-state index in [1.165, 1.54) is 11.3 Å². The molecule has 222 valence electrons. The van der Waals surface area contributed by atoms with Crippen LogP contribution in [0.5, 0.6) is 11.5 Å². The molecule has 6 rings (SSSR count). The summed E-state index contributed by atoms with van der Waals surface area (Å²) in [6.07, 6.45) is 6.28. The highest BCUT2D eigenvalue weighted by atomic mass is 32.2. The fourth-order valence-electron chi connectivity index (χ4n) is 4.91. The molecule has 1 unspecified atom stereocenters. The number of anilines is 2. The van der Waals surface area contributed by atoms with Crippen LogP contribution in [0.2, 0.25) is 0 Å². The molecule has 5 heterocycles. The van der Waals surface area contributed by atoms with Gasteiger partial charge in [-0.25, -0.2) is 14.8 Å². The summed E-state index contributed by atoms with van der Waals surface area (Å²) in [5.74, 6) is 2.28. The van der Waals surface area contributed by atoms with Gasteiger partial charge in [-0.15, -0.1) is 22.7 Å². The van der Waals surface area contributed by atoms with E-state index in [9.17, 15) is 4.79 Å². The van der Waals surface area contributed by atoms with Gasteiger partial charge in [0, 0.05) is 46.7 Å². The van der Waals surface area contributed by atoms with Gasteiger partial charge < -0.3 is 19.7 Å². The van der Waals surface area contributed by atoms with E-state index < -0.39 is 5.60 Å². The number of benzene rings is 1. The number of ether oxygens (including phenoxy) is 2. The van der Waals surface area contributed by atoms with Crippen LogP contribution in [0.25, 0.3) is 10.2 Å². The smallest absolute Gasteiger partial charge is 0.410 e. The van der Waals surface area contributed by atoms with Gasteiger partial charge in [-0.2, -0.15) is 0 Å². The average Bonchev–Trinajstić information content (AvgIpc) is 3.64. The highest BCUT2D eigenvalue weighted by Crippen LogP contribution is 2.39. The molecule has 1 atom stereocenters.